The summed E-state index contributed by atoms with van der Waals surface area (Å²) < 4.78 is 0. The predicted molar refractivity (Wildman–Crippen MR) is 181 cm³/mol. The molecular weight excluding hydrogens is 520 g/mol. The maximum absolute atomic E-state index is 4.99. The minimum Gasteiger partial charge on any atom is -0.255 e. The Kier molecular flexibility index (Phi) is 6.05. The molecule has 0 N–H and O–H groups in total. The van der Waals surface area contributed by atoms with Gasteiger partial charge in [-0.15, -0.1) is 0 Å². The average Bonchev–Trinajstić information content (AvgIpc) is 3.07. The van der Waals surface area contributed by atoms with Crippen LogP contribution in [-0.2, 0) is 0 Å². The molecule has 0 bridgehead atoms. The quantitative estimate of drug-likeness (QED) is 0.204. The van der Waals surface area contributed by atoms with E-state index in [1.807, 2.05) is 30.5 Å². The molecule has 0 aliphatic heterocycles. The van der Waals surface area contributed by atoms with Crippen molar-refractivity contribution in [3.63, 3.8) is 0 Å². The molecular formula is C41H28N2. The van der Waals surface area contributed by atoms with Gasteiger partial charge in [-0.25, -0.2) is 4.98 Å². The first-order valence-corrected chi connectivity index (χ1v) is 14.7. The summed E-state index contributed by atoms with van der Waals surface area (Å²) in [6.45, 7) is 2.15. The lowest BCUT2D eigenvalue weighted by atomic mass is 9.85. The van der Waals surface area contributed by atoms with Crippen LogP contribution in [0.15, 0.2) is 152 Å². The van der Waals surface area contributed by atoms with Crippen molar-refractivity contribution in [2.45, 2.75) is 6.92 Å². The van der Waals surface area contributed by atoms with Gasteiger partial charge in [0, 0.05) is 11.8 Å². The number of pyridine rings is 2. The SMILES string of the molecule is Cc1ccc2cc(-c3c4ccccc4c(-c4cccc(-c5cccc(-c6ccccn6)n5)c4)c4ccccc34)ccc2c1. The molecule has 0 radical (unpaired) electrons. The fourth-order valence-corrected chi connectivity index (χ4v) is 6.36. The van der Waals surface area contributed by atoms with E-state index in [0.717, 1.165) is 22.6 Å². The lowest BCUT2D eigenvalue weighted by Crippen LogP contribution is -1.92. The van der Waals surface area contributed by atoms with Gasteiger partial charge in [0.05, 0.1) is 17.1 Å². The van der Waals surface area contributed by atoms with Crippen LogP contribution in [0.1, 0.15) is 5.56 Å². The topological polar surface area (TPSA) is 25.8 Å². The Hall–Kier alpha value is -5.60. The summed E-state index contributed by atoms with van der Waals surface area (Å²) in [5.41, 5.74) is 9.97. The highest BCUT2D eigenvalue weighted by Crippen LogP contribution is 2.44. The fraction of sp³-hybridized carbons (Fsp3) is 0.0244. The molecule has 43 heavy (non-hydrogen) atoms. The molecule has 2 nitrogen and oxygen atoms in total. The molecule has 0 atom stereocenters. The first kappa shape index (κ1) is 25.1. The number of fused-ring (bicyclic) bond motifs is 3. The molecule has 0 amide bonds. The highest BCUT2D eigenvalue weighted by atomic mass is 14.8. The minimum atomic E-state index is 0.870. The first-order valence-electron chi connectivity index (χ1n) is 14.7. The van der Waals surface area contributed by atoms with Gasteiger partial charge in [0.25, 0.3) is 0 Å². The molecule has 0 unspecified atom stereocenters. The third-order valence-electron chi connectivity index (χ3n) is 8.34. The number of rotatable bonds is 4. The van der Waals surface area contributed by atoms with Gasteiger partial charge in [0.1, 0.15) is 0 Å². The van der Waals surface area contributed by atoms with Crippen LogP contribution < -0.4 is 0 Å². The van der Waals surface area contributed by atoms with Crippen molar-refractivity contribution >= 4 is 32.3 Å². The zero-order valence-electron chi connectivity index (χ0n) is 23.8. The Morgan fingerprint density at radius 3 is 1.65 bits per heavy atom. The van der Waals surface area contributed by atoms with Crippen LogP contribution in [0.4, 0.5) is 0 Å². The number of benzene rings is 6. The normalized spacial score (nSPS) is 11.4. The molecule has 8 aromatic rings. The van der Waals surface area contributed by atoms with Crippen molar-refractivity contribution in [1.82, 2.24) is 9.97 Å². The van der Waals surface area contributed by atoms with Gasteiger partial charge in [0.15, 0.2) is 0 Å². The highest BCUT2D eigenvalue weighted by Gasteiger charge is 2.17. The summed E-state index contributed by atoms with van der Waals surface area (Å²) in [6.07, 6.45) is 1.81. The van der Waals surface area contributed by atoms with E-state index in [1.54, 1.807) is 0 Å². The second-order valence-electron chi connectivity index (χ2n) is 11.1. The van der Waals surface area contributed by atoms with E-state index in [1.165, 1.54) is 60.1 Å². The lowest BCUT2D eigenvalue weighted by molar-refractivity contribution is 1.25. The molecule has 2 heteroatoms. The van der Waals surface area contributed by atoms with Crippen LogP contribution >= 0.6 is 0 Å². The zero-order valence-corrected chi connectivity index (χ0v) is 23.8. The summed E-state index contributed by atoms with van der Waals surface area (Å²) in [5, 5.41) is 7.52. The Labute approximate surface area is 251 Å². The van der Waals surface area contributed by atoms with Gasteiger partial charge in [-0.3, -0.25) is 4.98 Å². The third kappa shape index (κ3) is 4.45. The first-order chi connectivity index (χ1) is 21.2. The van der Waals surface area contributed by atoms with Crippen LogP contribution in [-0.4, -0.2) is 9.97 Å². The van der Waals surface area contributed by atoms with Crippen LogP contribution in [0.25, 0.3) is 77.2 Å². The van der Waals surface area contributed by atoms with Crippen molar-refractivity contribution in [2.24, 2.45) is 0 Å². The van der Waals surface area contributed by atoms with Crippen molar-refractivity contribution in [3.05, 3.63) is 157 Å². The average molecular weight is 549 g/mol. The number of aromatic nitrogens is 2. The Morgan fingerprint density at radius 2 is 0.953 bits per heavy atom. The van der Waals surface area contributed by atoms with Crippen molar-refractivity contribution in [1.29, 1.82) is 0 Å². The number of hydrogen-bond donors (Lipinski definition) is 0. The second-order valence-corrected chi connectivity index (χ2v) is 11.1. The Morgan fingerprint density at radius 1 is 0.395 bits per heavy atom. The molecule has 0 aliphatic rings. The number of nitrogens with zero attached hydrogens (tertiary/aromatic N) is 2. The fourth-order valence-electron chi connectivity index (χ4n) is 6.36. The van der Waals surface area contributed by atoms with E-state index >= 15 is 0 Å². The summed E-state index contributed by atoms with van der Waals surface area (Å²) >= 11 is 0. The largest absolute Gasteiger partial charge is 0.255 e. The maximum Gasteiger partial charge on any atom is 0.0893 e. The molecule has 0 aliphatic carbocycles. The van der Waals surface area contributed by atoms with Crippen LogP contribution in [0.3, 0.4) is 0 Å². The Balaban J connectivity index is 1.34. The summed E-state index contributed by atoms with van der Waals surface area (Å²) in [4.78, 5) is 9.50. The molecule has 0 spiro atoms. The smallest absolute Gasteiger partial charge is 0.0893 e. The summed E-state index contributed by atoms with van der Waals surface area (Å²) in [6, 6.07) is 52.1. The summed E-state index contributed by atoms with van der Waals surface area (Å²) in [7, 11) is 0. The molecule has 2 heterocycles. The minimum absolute atomic E-state index is 0.870. The third-order valence-corrected chi connectivity index (χ3v) is 8.34. The molecule has 0 saturated heterocycles. The van der Waals surface area contributed by atoms with Crippen molar-refractivity contribution < 1.29 is 0 Å². The van der Waals surface area contributed by atoms with E-state index in [0.29, 0.717) is 0 Å². The standard InChI is InChI=1S/C41H28N2/c1-27-19-20-29-25-32(22-21-28(29)24-27)41-35-14-4-2-12-33(35)40(34-13-3-5-15-36(34)41)31-11-8-10-30(26-31)37-17-9-18-39(43-37)38-16-6-7-23-42-38/h2-26H,1H3. The second kappa shape index (κ2) is 10.3. The summed E-state index contributed by atoms with van der Waals surface area (Å²) in [5.74, 6) is 0. The maximum atomic E-state index is 4.99. The molecule has 0 saturated carbocycles. The van der Waals surface area contributed by atoms with Crippen LogP contribution in [0, 0.1) is 6.92 Å². The van der Waals surface area contributed by atoms with Gasteiger partial charge in [-0.2, -0.15) is 0 Å². The van der Waals surface area contributed by atoms with Gasteiger partial charge < -0.3 is 0 Å². The van der Waals surface area contributed by atoms with Crippen molar-refractivity contribution in [3.8, 4) is 44.9 Å². The molecule has 0 fully saturated rings. The highest BCUT2D eigenvalue weighted by molar-refractivity contribution is 6.21. The monoisotopic (exact) mass is 548 g/mol. The number of aryl methyl sites for hydroxylation is 1. The molecule has 2 aromatic heterocycles. The van der Waals surface area contributed by atoms with Gasteiger partial charge >= 0.3 is 0 Å². The van der Waals surface area contributed by atoms with Gasteiger partial charge in [0.2, 0.25) is 0 Å². The zero-order chi connectivity index (χ0) is 28.8. The predicted octanol–water partition coefficient (Wildman–Crippen LogP) is 10.9. The van der Waals surface area contributed by atoms with E-state index < -0.39 is 0 Å². The van der Waals surface area contributed by atoms with Crippen LogP contribution in [0.2, 0.25) is 0 Å². The lowest BCUT2D eigenvalue weighted by Gasteiger charge is -2.18. The van der Waals surface area contributed by atoms with E-state index in [-0.39, 0.29) is 0 Å². The molecule has 8 rings (SSSR count). The van der Waals surface area contributed by atoms with Gasteiger partial charge in [-0.1, -0.05) is 115 Å². The van der Waals surface area contributed by atoms with E-state index in [2.05, 4.69) is 133 Å². The van der Waals surface area contributed by atoms with Crippen molar-refractivity contribution in [2.75, 3.05) is 0 Å². The van der Waals surface area contributed by atoms with E-state index in [4.69, 9.17) is 4.98 Å². The van der Waals surface area contributed by atoms with Gasteiger partial charge in [-0.05, 0) is 97.9 Å². The Bertz CT molecular complexity index is 2240. The number of hydrogen-bond acceptors (Lipinski definition) is 2. The van der Waals surface area contributed by atoms with E-state index in [9.17, 15) is 0 Å². The molecule has 6 aromatic carbocycles. The van der Waals surface area contributed by atoms with Crippen LogP contribution in [0.5, 0.6) is 0 Å². The molecule has 202 valence electrons.